The van der Waals surface area contributed by atoms with E-state index >= 15 is 0 Å². The van der Waals surface area contributed by atoms with Crippen molar-refractivity contribution in [2.24, 2.45) is 5.92 Å². The van der Waals surface area contributed by atoms with E-state index in [2.05, 4.69) is 27.7 Å². The predicted molar refractivity (Wildman–Crippen MR) is 111 cm³/mol. The van der Waals surface area contributed by atoms with Gasteiger partial charge in [-0.2, -0.15) is 5.26 Å². The number of hydrogen-bond donors (Lipinski definition) is 2. The Morgan fingerprint density at radius 3 is 3.07 bits per heavy atom. The molecule has 2 aromatic heterocycles. The molecule has 4 rings (SSSR count). The molecule has 0 aliphatic carbocycles. The van der Waals surface area contributed by atoms with Crippen LogP contribution in [0.1, 0.15) is 25.1 Å². The molecule has 3 N–H and O–H groups in total. The van der Waals surface area contributed by atoms with Gasteiger partial charge in [0.05, 0.1) is 24.2 Å². The minimum atomic E-state index is -0.0835. The van der Waals surface area contributed by atoms with E-state index in [9.17, 15) is 5.26 Å². The molecule has 29 heavy (non-hydrogen) atoms. The van der Waals surface area contributed by atoms with Crippen molar-refractivity contribution in [3.05, 3.63) is 42.4 Å². The fourth-order valence-corrected chi connectivity index (χ4v) is 4.28. The number of rotatable bonds is 6. The molecule has 0 spiro atoms. The number of methoxy groups -OCH3 is 1. The number of anilines is 1. The summed E-state index contributed by atoms with van der Waals surface area (Å²) in [4.78, 5) is 9.36. The molecule has 1 saturated heterocycles. The number of fused-ring (bicyclic) bond motifs is 1. The summed E-state index contributed by atoms with van der Waals surface area (Å²) in [5.41, 5.74) is 7.25. The van der Waals surface area contributed by atoms with Crippen molar-refractivity contribution in [2.45, 2.75) is 30.6 Å². The Balaban J connectivity index is 1.38. The smallest absolute Gasteiger partial charge is 0.147 e. The highest BCUT2D eigenvalue weighted by Crippen LogP contribution is 2.35. The van der Waals surface area contributed by atoms with Crippen LogP contribution in [0.3, 0.4) is 0 Å². The van der Waals surface area contributed by atoms with Crippen molar-refractivity contribution in [3.63, 3.8) is 0 Å². The maximum absolute atomic E-state index is 9.22. The average Bonchev–Trinajstić information content (AvgIpc) is 3.32. The monoisotopic (exact) mass is 410 g/mol. The van der Waals surface area contributed by atoms with E-state index in [4.69, 9.17) is 15.2 Å². The van der Waals surface area contributed by atoms with Crippen LogP contribution in [0.2, 0.25) is 0 Å². The maximum atomic E-state index is 9.22. The Kier molecular flexibility index (Phi) is 5.58. The molecule has 3 unspecified atom stereocenters. The quantitative estimate of drug-likeness (QED) is 0.596. The summed E-state index contributed by atoms with van der Waals surface area (Å²) in [5, 5.41) is 10.1. The zero-order valence-electron chi connectivity index (χ0n) is 16.2. The highest BCUT2D eigenvalue weighted by molar-refractivity contribution is 7.97. The van der Waals surface area contributed by atoms with Gasteiger partial charge in [-0.15, -0.1) is 0 Å². The van der Waals surface area contributed by atoms with Gasteiger partial charge in [-0.25, -0.2) is 9.97 Å². The number of aromatic nitrogens is 3. The number of benzene rings is 1. The van der Waals surface area contributed by atoms with Crippen LogP contribution < -0.4 is 15.2 Å². The highest BCUT2D eigenvalue weighted by Gasteiger charge is 2.33. The summed E-state index contributed by atoms with van der Waals surface area (Å²) in [6.45, 7) is 2.87. The number of nitriles is 1. The lowest BCUT2D eigenvalue weighted by molar-refractivity contribution is 0.00210. The molecule has 3 heterocycles. The third-order valence-electron chi connectivity index (χ3n) is 5.16. The van der Waals surface area contributed by atoms with Crippen LogP contribution in [0.5, 0.6) is 5.75 Å². The Bertz CT molecular complexity index is 1060. The van der Waals surface area contributed by atoms with E-state index in [1.807, 2.05) is 29.0 Å². The van der Waals surface area contributed by atoms with Gasteiger partial charge in [-0.1, -0.05) is 6.92 Å². The van der Waals surface area contributed by atoms with Crippen LogP contribution >= 0.6 is 11.9 Å². The maximum Gasteiger partial charge on any atom is 0.147 e. The minimum absolute atomic E-state index is 0.0674. The van der Waals surface area contributed by atoms with Crippen molar-refractivity contribution >= 4 is 28.8 Å². The average molecular weight is 411 g/mol. The molecule has 0 saturated carbocycles. The van der Waals surface area contributed by atoms with E-state index in [0.717, 1.165) is 22.3 Å². The number of nitrogens with two attached hydrogens (primary N) is 1. The molecule has 0 radical (unpaired) electrons. The molecular weight excluding hydrogens is 388 g/mol. The fraction of sp³-hybridized carbons (Fsp3) is 0.350. The molecule has 8 nitrogen and oxygen atoms in total. The summed E-state index contributed by atoms with van der Waals surface area (Å²) in [6, 6.07) is 9.62. The molecule has 1 fully saturated rings. The normalized spacial score (nSPS) is 21.3. The van der Waals surface area contributed by atoms with Gasteiger partial charge in [-0.05, 0) is 48.6 Å². The highest BCUT2D eigenvalue weighted by atomic mass is 32.2. The summed E-state index contributed by atoms with van der Waals surface area (Å²) < 4.78 is 16.9. The molecule has 1 aliphatic heterocycles. The van der Waals surface area contributed by atoms with Crippen LogP contribution in [-0.2, 0) is 4.74 Å². The molecule has 1 aliphatic rings. The zero-order valence-corrected chi connectivity index (χ0v) is 17.0. The second-order valence-corrected chi connectivity index (χ2v) is 7.95. The Morgan fingerprint density at radius 1 is 1.41 bits per heavy atom. The van der Waals surface area contributed by atoms with Crippen molar-refractivity contribution in [2.75, 3.05) is 19.4 Å². The molecule has 9 heteroatoms. The third-order valence-corrected chi connectivity index (χ3v) is 5.96. The summed E-state index contributed by atoms with van der Waals surface area (Å²) in [5.74, 6) is 1.44. The lowest BCUT2D eigenvalue weighted by Crippen LogP contribution is -2.26. The largest absolute Gasteiger partial charge is 0.495 e. The molecule has 3 aromatic rings. The fourth-order valence-electron chi connectivity index (χ4n) is 3.56. The van der Waals surface area contributed by atoms with E-state index < -0.39 is 0 Å². The molecule has 150 valence electrons. The van der Waals surface area contributed by atoms with Gasteiger partial charge in [0.2, 0.25) is 0 Å². The van der Waals surface area contributed by atoms with Gasteiger partial charge in [0.1, 0.15) is 35.8 Å². The van der Waals surface area contributed by atoms with Crippen molar-refractivity contribution in [1.82, 2.24) is 19.3 Å². The number of ether oxygens (including phenoxy) is 2. The summed E-state index contributed by atoms with van der Waals surface area (Å²) in [7, 11) is 1.56. The van der Waals surface area contributed by atoms with Crippen LogP contribution in [0.25, 0.3) is 11.0 Å². The lowest BCUT2D eigenvalue weighted by Gasteiger charge is -2.17. The van der Waals surface area contributed by atoms with Crippen LogP contribution in [0, 0.1) is 17.2 Å². The van der Waals surface area contributed by atoms with E-state index in [1.54, 1.807) is 13.2 Å². The number of nitrogen functional groups attached to an aromatic ring is 1. The second-order valence-electron chi connectivity index (χ2n) is 6.99. The van der Waals surface area contributed by atoms with E-state index in [1.165, 1.54) is 18.3 Å². The first-order chi connectivity index (χ1) is 14.1. The Morgan fingerprint density at radius 2 is 2.28 bits per heavy atom. The SMILES string of the molecule is COc1ccc(SNCC2OC(n3ccc4c(N)ncnc43)CC2C)cc1C#N. The van der Waals surface area contributed by atoms with Crippen molar-refractivity contribution < 1.29 is 9.47 Å². The minimum Gasteiger partial charge on any atom is -0.495 e. The molecule has 1 aromatic carbocycles. The Hall–Kier alpha value is -2.80. The lowest BCUT2D eigenvalue weighted by atomic mass is 10.0. The summed E-state index contributed by atoms with van der Waals surface area (Å²) in [6.07, 6.45) is 4.31. The van der Waals surface area contributed by atoms with Gasteiger partial charge in [-0.3, -0.25) is 4.72 Å². The molecular formula is C20H22N6O2S. The first-order valence-electron chi connectivity index (χ1n) is 9.31. The van der Waals surface area contributed by atoms with Gasteiger partial charge in [0.15, 0.2) is 0 Å². The second kappa shape index (κ2) is 8.29. The van der Waals surface area contributed by atoms with Crippen molar-refractivity contribution in [3.8, 4) is 11.8 Å². The zero-order chi connectivity index (χ0) is 20.4. The van der Waals surface area contributed by atoms with E-state index in [-0.39, 0.29) is 12.3 Å². The third kappa shape index (κ3) is 3.87. The standard InChI is InChI=1S/C20H22N6O2S/c1-12-7-18(26-6-5-15-19(22)23-11-24-20(15)26)28-17(12)10-25-29-14-3-4-16(27-2)13(8-14)9-21/h3-6,8,11-12,17-18,25H,7,10H2,1-2H3,(H2,22,23,24). The van der Waals surface area contributed by atoms with Gasteiger partial charge >= 0.3 is 0 Å². The van der Waals surface area contributed by atoms with Crippen LogP contribution in [0.15, 0.2) is 41.7 Å². The number of nitrogens with zero attached hydrogens (tertiary/aromatic N) is 4. The van der Waals surface area contributed by atoms with Gasteiger partial charge < -0.3 is 19.8 Å². The number of hydrogen-bond acceptors (Lipinski definition) is 8. The van der Waals surface area contributed by atoms with E-state index in [0.29, 0.717) is 29.6 Å². The first kappa shape index (κ1) is 19.5. The summed E-state index contributed by atoms with van der Waals surface area (Å²) >= 11 is 1.48. The first-order valence-corrected chi connectivity index (χ1v) is 10.1. The van der Waals surface area contributed by atoms with Gasteiger partial charge in [0, 0.05) is 17.6 Å². The van der Waals surface area contributed by atoms with Crippen LogP contribution in [-0.4, -0.2) is 34.3 Å². The molecule has 0 bridgehead atoms. The van der Waals surface area contributed by atoms with Crippen LogP contribution in [0.4, 0.5) is 5.82 Å². The number of nitrogens with one attached hydrogen (secondary N) is 1. The Labute approximate surface area is 173 Å². The predicted octanol–water partition coefficient (Wildman–Crippen LogP) is 3.11. The van der Waals surface area contributed by atoms with Crippen molar-refractivity contribution in [1.29, 1.82) is 5.26 Å². The topological polar surface area (TPSA) is 111 Å². The van der Waals surface area contributed by atoms with Gasteiger partial charge in [0.25, 0.3) is 0 Å². The molecule has 3 atom stereocenters. The molecule has 0 amide bonds.